The van der Waals surface area contributed by atoms with Crippen LogP contribution in [0.4, 0.5) is 0 Å². The largest absolute Gasteiger partial charge is 0.478 e. The molecule has 0 unspecified atom stereocenters. The lowest BCUT2D eigenvalue weighted by Gasteiger charge is -2.56. The van der Waals surface area contributed by atoms with Crippen molar-refractivity contribution in [1.29, 1.82) is 0 Å². The van der Waals surface area contributed by atoms with E-state index in [2.05, 4.69) is 14.8 Å². The molecule has 0 saturated heterocycles. The number of aromatic nitrogens is 4. The van der Waals surface area contributed by atoms with Gasteiger partial charge < -0.3 is 9.51 Å². The lowest BCUT2D eigenvalue weighted by molar-refractivity contribution is -0.0635. The third-order valence-electron chi connectivity index (χ3n) is 7.38. The van der Waals surface area contributed by atoms with Gasteiger partial charge in [-0.2, -0.15) is 5.10 Å². The number of rotatable bonds is 4. The molecule has 1 N–H and O–H groups in total. The van der Waals surface area contributed by atoms with Crippen LogP contribution >= 0.6 is 0 Å². The fourth-order valence-electron chi connectivity index (χ4n) is 6.85. The number of nitrogens with zero attached hydrogens (tertiary/aromatic N) is 4. The number of imidazole rings is 1. The maximum absolute atomic E-state index is 11.9. The SMILES string of the molecule is O=C(O)c1c(-c2cnn(CC34CC5CC(CC(C5)C3)C4)c2)ccn2ccnc12. The van der Waals surface area contributed by atoms with Crippen molar-refractivity contribution in [3.05, 3.63) is 42.6 Å². The average Bonchev–Trinajstić information content (AvgIpc) is 3.28. The summed E-state index contributed by atoms with van der Waals surface area (Å²) in [7, 11) is 0. The zero-order valence-electron chi connectivity index (χ0n) is 15.8. The molecular formula is C22H24N4O2. The van der Waals surface area contributed by atoms with Gasteiger partial charge in [0, 0.05) is 42.5 Å². The Labute approximate surface area is 163 Å². The Morgan fingerprint density at radius 1 is 1.14 bits per heavy atom. The first-order valence-corrected chi connectivity index (χ1v) is 10.3. The summed E-state index contributed by atoms with van der Waals surface area (Å²) in [6.07, 6.45) is 17.4. The van der Waals surface area contributed by atoms with Gasteiger partial charge in [-0.25, -0.2) is 9.78 Å². The van der Waals surface area contributed by atoms with E-state index in [0.29, 0.717) is 16.6 Å². The van der Waals surface area contributed by atoms with E-state index < -0.39 is 5.97 Å². The predicted molar refractivity (Wildman–Crippen MR) is 104 cm³/mol. The molecule has 3 aromatic rings. The molecule has 3 heterocycles. The average molecular weight is 376 g/mol. The van der Waals surface area contributed by atoms with E-state index in [9.17, 15) is 9.90 Å². The molecule has 4 fully saturated rings. The van der Waals surface area contributed by atoms with Gasteiger partial charge in [0.25, 0.3) is 0 Å². The number of carboxylic acid groups (broad SMARTS) is 1. The van der Waals surface area contributed by atoms with Crippen LogP contribution in [0.1, 0.15) is 48.9 Å². The first kappa shape index (κ1) is 16.3. The fraction of sp³-hybridized carbons (Fsp3) is 0.500. The van der Waals surface area contributed by atoms with Gasteiger partial charge in [0.2, 0.25) is 0 Å². The summed E-state index contributed by atoms with van der Waals surface area (Å²) in [5.41, 5.74) is 2.65. The highest BCUT2D eigenvalue weighted by atomic mass is 16.4. The van der Waals surface area contributed by atoms with Crippen molar-refractivity contribution in [2.24, 2.45) is 23.2 Å². The van der Waals surface area contributed by atoms with Crippen molar-refractivity contribution in [3.8, 4) is 11.1 Å². The Kier molecular flexibility index (Phi) is 3.32. The molecule has 0 aromatic carbocycles. The van der Waals surface area contributed by atoms with Crippen molar-refractivity contribution in [3.63, 3.8) is 0 Å². The van der Waals surface area contributed by atoms with Crippen LogP contribution in [0.25, 0.3) is 16.8 Å². The molecule has 28 heavy (non-hydrogen) atoms. The Balaban J connectivity index is 1.34. The van der Waals surface area contributed by atoms with Crippen LogP contribution in [-0.2, 0) is 6.54 Å². The second-order valence-electron chi connectivity index (χ2n) is 9.41. The summed E-state index contributed by atoms with van der Waals surface area (Å²) in [5.74, 6) is 1.80. The third-order valence-corrected chi connectivity index (χ3v) is 7.38. The van der Waals surface area contributed by atoms with Crippen LogP contribution < -0.4 is 0 Å². The molecule has 0 atom stereocenters. The van der Waals surface area contributed by atoms with Gasteiger partial charge in [-0.3, -0.25) is 4.68 Å². The van der Waals surface area contributed by atoms with Crippen molar-refractivity contribution in [1.82, 2.24) is 19.2 Å². The van der Waals surface area contributed by atoms with Crippen LogP contribution in [0.3, 0.4) is 0 Å². The number of carboxylic acids is 1. The van der Waals surface area contributed by atoms with Crippen LogP contribution in [-0.4, -0.2) is 30.2 Å². The summed E-state index contributed by atoms with van der Waals surface area (Å²) < 4.78 is 3.80. The minimum absolute atomic E-state index is 0.238. The van der Waals surface area contributed by atoms with Crippen molar-refractivity contribution in [2.45, 2.75) is 45.1 Å². The van der Waals surface area contributed by atoms with Gasteiger partial charge in [0.1, 0.15) is 5.56 Å². The quantitative estimate of drug-likeness (QED) is 0.744. The summed E-state index contributed by atoms with van der Waals surface area (Å²) >= 11 is 0. The maximum Gasteiger partial charge on any atom is 0.340 e. The normalized spacial score (nSPS) is 30.9. The molecule has 0 spiro atoms. The standard InChI is InChI=1S/C22H24N4O2/c27-21(28)19-18(1-3-25-4-2-23-20(19)25)17-11-24-26(12-17)13-22-8-14-5-15(9-22)7-16(6-14)10-22/h1-4,11-12,14-16H,5-10,13H2,(H,27,28). The number of carbonyl (C=O) groups is 1. The lowest BCUT2D eigenvalue weighted by Crippen LogP contribution is -2.47. The molecule has 4 aliphatic carbocycles. The van der Waals surface area contributed by atoms with Gasteiger partial charge in [-0.05, 0) is 67.8 Å². The number of fused-ring (bicyclic) bond motifs is 1. The molecular weight excluding hydrogens is 352 g/mol. The molecule has 4 saturated carbocycles. The highest BCUT2D eigenvalue weighted by Crippen LogP contribution is 2.60. The van der Waals surface area contributed by atoms with E-state index in [1.165, 1.54) is 38.5 Å². The molecule has 144 valence electrons. The van der Waals surface area contributed by atoms with Crippen LogP contribution in [0.15, 0.2) is 37.1 Å². The first-order chi connectivity index (χ1) is 13.6. The van der Waals surface area contributed by atoms with Crippen LogP contribution in [0, 0.1) is 23.2 Å². The highest BCUT2D eigenvalue weighted by Gasteiger charge is 2.51. The topological polar surface area (TPSA) is 72.4 Å². The minimum Gasteiger partial charge on any atom is -0.478 e. The Morgan fingerprint density at radius 3 is 2.54 bits per heavy atom. The number of pyridine rings is 1. The van der Waals surface area contributed by atoms with Gasteiger partial charge >= 0.3 is 5.97 Å². The second kappa shape index (κ2) is 5.69. The number of hydrogen-bond acceptors (Lipinski definition) is 3. The zero-order chi connectivity index (χ0) is 18.9. The van der Waals surface area contributed by atoms with Gasteiger partial charge in [-0.15, -0.1) is 0 Å². The molecule has 6 heteroatoms. The molecule has 4 aliphatic rings. The highest BCUT2D eigenvalue weighted by molar-refractivity contribution is 6.01. The molecule has 4 bridgehead atoms. The molecule has 7 rings (SSSR count). The van der Waals surface area contributed by atoms with Gasteiger partial charge in [0.05, 0.1) is 6.20 Å². The molecule has 3 aromatic heterocycles. The Morgan fingerprint density at radius 2 is 1.86 bits per heavy atom. The van der Waals surface area contributed by atoms with Crippen molar-refractivity contribution >= 4 is 11.6 Å². The van der Waals surface area contributed by atoms with Crippen molar-refractivity contribution < 1.29 is 9.90 Å². The first-order valence-electron chi connectivity index (χ1n) is 10.3. The smallest absolute Gasteiger partial charge is 0.340 e. The van der Waals surface area contributed by atoms with Crippen LogP contribution in [0.5, 0.6) is 0 Å². The Hall–Kier alpha value is -2.63. The van der Waals surface area contributed by atoms with E-state index in [1.54, 1.807) is 16.8 Å². The predicted octanol–water partition coefficient (Wildman–Crippen LogP) is 4.11. The lowest BCUT2D eigenvalue weighted by atomic mass is 9.49. The number of aromatic carboxylic acids is 1. The molecule has 0 radical (unpaired) electrons. The van der Waals surface area contributed by atoms with E-state index in [-0.39, 0.29) is 5.56 Å². The van der Waals surface area contributed by atoms with E-state index in [1.807, 2.05) is 24.7 Å². The fourth-order valence-corrected chi connectivity index (χ4v) is 6.85. The molecule has 6 nitrogen and oxygen atoms in total. The summed E-state index contributed by atoms with van der Waals surface area (Å²) in [6, 6.07) is 1.85. The molecule has 0 aliphatic heterocycles. The van der Waals surface area contributed by atoms with Gasteiger partial charge in [-0.1, -0.05) is 0 Å². The number of hydrogen-bond donors (Lipinski definition) is 1. The van der Waals surface area contributed by atoms with Crippen LogP contribution in [0.2, 0.25) is 0 Å². The second-order valence-corrected chi connectivity index (χ2v) is 9.41. The zero-order valence-corrected chi connectivity index (χ0v) is 15.8. The van der Waals surface area contributed by atoms with Crippen molar-refractivity contribution in [2.75, 3.05) is 0 Å². The summed E-state index contributed by atoms with van der Waals surface area (Å²) in [6.45, 7) is 0.963. The van der Waals surface area contributed by atoms with E-state index in [4.69, 9.17) is 0 Å². The maximum atomic E-state index is 11.9. The van der Waals surface area contributed by atoms with Gasteiger partial charge in [0.15, 0.2) is 5.65 Å². The minimum atomic E-state index is -0.958. The molecule has 0 amide bonds. The summed E-state index contributed by atoms with van der Waals surface area (Å²) in [4.78, 5) is 16.2. The summed E-state index contributed by atoms with van der Waals surface area (Å²) in [5, 5.41) is 14.4. The van der Waals surface area contributed by atoms with E-state index in [0.717, 1.165) is 29.9 Å². The van der Waals surface area contributed by atoms with E-state index >= 15 is 0 Å². The monoisotopic (exact) mass is 376 g/mol. The Bertz CT molecular complexity index is 1040. The third kappa shape index (κ3) is 2.43.